The molecule has 1 saturated heterocycles. The number of nitrogens with zero attached hydrogens (tertiary/aromatic N) is 1. The summed E-state index contributed by atoms with van der Waals surface area (Å²) in [7, 11) is 3.18. The fourth-order valence-electron chi connectivity index (χ4n) is 2.15. The van der Waals surface area contributed by atoms with Gasteiger partial charge in [-0.3, -0.25) is 9.59 Å². The summed E-state index contributed by atoms with van der Waals surface area (Å²) in [6.07, 6.45) is 0.689. The number of hydrogen-bond acceptors (Lipinski definition) is 5. The first-order valence-corrected chi connectivity index (χ1v) is 8.12. The fraction of sp³-hybridized carbons (Fsp3) is 0.467. The lowest BCUT2D eigenvalue weighted by atomic mass is 10.1. The van der Waals surface area contributed by atoms with Gasteiger partial charge in [0.15, 0.2) is 11.5 Å². The second-order valence-corrected chi connectivity index (χ2v) is 5.81. The Balaban J connectivity index is 1.78. The zero-order valence-electron chi connectivity index (χ0n) is 12.8. The number of thioether (sulfide) groups is 1. The van der Waals surface area contributed by atoms with Crippen molar-refractivity contribution in [3.63, 3.8) is 0 Å². The van der Waals surface area contributed by atoms with Crippen molar-refractivity contribution in [1.29, 1.82) is 0 Å². The predicted molar refractivity (Wildman–Crippen MR) is 85.3 cm³/mol. The highest BCUT2D eigenvalue weighted by Crippen LogP contribution is 2.27. The van der Waals surface area contributed by atoms with Crippen LogP contribution in [0.1, 0.15) is 5.56 Å². The maximum absolute atomic E-state index is 11.8. The normalized spacial score (nSPS) is 14.1. The molecule has 0 atom stereocenters. The van der Waals surface area contributed by atoms with Crippen LogP contribution >= 0.6 is 11.8 Å². The first-order valence-electron chi connectivity index (χ1n) is 6.97. The van der Waals surface area contributed by atoms with Gasteiger partial charge in [-0.1, -0.05) is 6.07 Å². The first-order chi connectivity index (χ1) is 10.6. The third-order valence-corrected chi connectivity index (χ3v) is 4.29. The molecule has 1 aliphatic rings. The molecular weight excluding hydrogens is 304 g/mol. The van der Waals surface area contributed by atoms with Gasteiger partial charge in [-0.2, -0.15) is 0 Å². The van der Waals surface area contributed by atoms with Crippen LogP contribution in [0.15, 0.2) is 18.2 Å². The summed E-state index contributed by atoms with van der Waals surface area (Å²) in [5, 5.41) is 2.83. The number of ether oxygens (including phenoxy) is 2. The Morgan fingerprint density at radius 1 is 1.32 bits per heavy atom. The molecule has 0 spiro atoms. The highest BCUT2D eigenvalue weighted by molar-refractivity contribution is 8.00. The number of hydrogen-bond donors (Lipinski definition) is 1. The number of amides is 2. The zero-order chi connectivity index (χ0) is 15.9. The maximum Gasteiger partial charge on any atom is 0.239 e. The van der Waals surface area contributed by atoms with E-state index in [9.17, 15) is 9.59 Å². The van der Waals surface area contributed by atoms with E-state index in [0.29, 0.717) is 36.1 Å². The molecule has 1 fully saturated rings. The van der Waals surface area contributed by atoms with E-state index < -0.39 is 0 Å². The van der Waals surface area contributed by atoms with Crippen molar-refractivity contribution in [3.05, 3.63) is 23.8 Å². The summed E-state index contributed by atoms with van der Waals surface area (Å²) in [4.78, 5) is 24.8. The van der Waals surface area contributed by atoms with Gasteiger partial charge in [-0.15, -0.1) is 11.8 Å². The molecule has 0 aliphatic carbocycles. The molecule has 1 heterocycles. The summed E-state index contributed by atoms with van der Waals surface area (Å²) in [6.45, 7) is 0.654. The van der Waals surface area contributed by atoms with Crippen molar-refractivity contribution in [2.45, 2.75) is 6.42 Å². The van der Waals surface area contributed by atoms with Crippen molar-refractivity contribution in [2.75, 3.05) is 38.9 Å². The van der Waals surface area contributed by atoms with Gasteiger partial charge >= 0.3 is 0 Å². The van der Waals surface area contributed by atoms with Crippen LogP contribution < -0.4 is 14.8 Å². The summed E-state index contributed by atoms with van der Waals surface area (Å²) >= 11 is 1.53. The number of benzene rings is 1. The van der Waals surface area contributed by atoms with Gasteiger partial charge in [0.1, 0.15) is 6.54 Å². The number of nitrogens with one attached hydrogen (secondary N) is 1. The van der Waals surface area contributed by atoms with Gasteiger partial charge in [0, 0.05) is 6.54 Å². The molecule has 0 saturated carbocycles. The smallest absolute Gasteiger partial charge is 0.239 e. The summed E-state index contributed by atoms with van der Waals surface area (Å²) in [6, 6.07) is 5.68. The van der Waals surface area contributed by atoms with Gasteiger partial charge in [-0.25, -0.2) is 0 Å². The molecule has 2 rings (SSSR count). The molecule has 6 nitrogen and oxygen atoms in total. The average molecular weight is 324 g/mol. The highest BCUT2D eigenvalue weighted by Gasteiger charge is 2.22. The van der Waals surface area contributed by atoms with Crippen molar-refractivity contribution < 1.29 is 19.1 Å². The van der Waals surface area contributed by atoms with Crippen LogP contribution in [0.2, 0.25) is 0 Å². The molecule has 0 radical (unpaired) electrons. The summed E-state index contributed by atoms with van der Waals surface area (Å²) in [5.41, 5.74) is 1.05. The van der Waals surface area contributed by atoms with Crippen molar-refractivity contribution in [2.24, 2.45) is 0 Å². The van der Waals surface area contributed by atoms with E-state index in [1.54, 1.807) is 19.1 Å². The molecule has 120 valence electrons. The topological polar surface area (TPSA) is 67.9 Å². The fourth-order valence-corrected chi connectivity index (χ4v) is 3.06. The molecular formula is C15H20N2O4S. The van der Waals surface area contributed by atoms with E-state index in [2.05, 4.69) is 5.32 Å². The van der Waals surface area contributed by atoms with E-state index in [4.69, 9.17) is 9.47 Å². The first kappa shape index (κ1) is 16.5. The standard InChI is InChI=1S/C15H20N2O4S/c1-20-12-4-3-11(7-13(12)21-2)5-6-16-14(18)8-17-10-22-9-15(17)19/h3-4,7H,5-6,8-10H2,1-2H3,(H,16,18). The Labute approximate surface area is 134 Å². The van der Waals surface area contributed by atoms with Crippen LogP contribution in [-0.2, 0) is 16.0 Å². The molecule has 1 aliphatic heterocycles. The van der Waals surface area contributed by atoms with E-state index in [-0.39, 0.29) is 18.4 Å². The largest absolute Gasteiger partial charge is 0.493 e. The molecule has 7 heteroatoms. The minimum Gasteiger partial charge on any atom is -0.493 e. The molecule has 2 amide bonds. The zero-order valence-corrected chi connectivity index (χ0v) is 13.6. The van der Waals surface area contributed by atoms with Gasteiger partial charge < -0.3 is 19.7 Å². The van der Waals surface area contributed by atoms with E-state index in [1.165, 1.54) is 11.8 Å². The molecule has 0 bridgehead atoms. The Morgan fingerprint density at radius 3 is 2.73 bits per heavy atom. The van der Waals surface area contributed by atoms with Gasteiger partial charge in [0.05, 0.1) is 25.8 Å². The number of carbonyl (C=O) groups is 2. The number of carbonyl (C=O) groups excluding carboxylic acids is 2. The van der Waals surface area contributed by atoms with E-state index in [0.717, 1.165) is 5.56 Å². The lowest BCUT2D eigenvalue weighted by molar-refractivity contribution is -0.132. The molecule has 1 N–H and O–H groups in total. The van der Waals surface area contributed by atoms with Crippen molar-refractivity contribution in [1.82, 2.24) is 10.2 Å². The van der Waals surface area contributed by atoms with Crippen LogP contribution in [0, 0.1) is 0 Å². The quantitative estimate of drug-likeness (QED) is 0.807. The Morgan fingerprint density at radius 2 is 2.09 bits per heavy atom. The Hall–Kier alpha value is -1.89. The van der Waals surface area contributed by atoms with Crippen LogP contribution in [0.4, 0.5) is 0 Å². The van der Waals surface area contributed by atoms with E-state index >= 15 is 0 Å². The SMILES string of the molecule is COc1ccc(CCNC(=O)CN2CSCC2=O)cc1OC. The minimum atomic E-state index is -0.128. The van der Waals surface area contributed by atoms with Crippen molar-refractivity contribution in [3.8, 4) is 11.5 Å². The van der Waals surface area contributed by atoms with Crippen LogP contribution in [0.25, 0.3) is 0 Å². The molecule has 0 unspecified atom stereocenters. The maximum atomic E-state index is 11.8. The number of rotatable bonds is 7. The van der Waals surface area contributed by atoms with E-state index in [1.807, 2.05) is 18.2 Å². The van der Waals surface area contributed by atoms with Gasteiger partial charge in [0.2, 0.25) is 11.8 Å². The second-order valence-electron chi connectivity index (χ2n) is 4.86. The Kier molecular flexibility index (Phi) is 5.94. The van der Waals surface area contributed by atoms with Gasteiger partial charge in [-0.05, 0) is 24.1 Å². The molecule has 1 aromatic carbocycles. The van der Waals surface area contributed by atoms with Crippen LogP contribution in [0.5, 0.6) is 11.5 Å². The average Bonchev–Trinajstić information content (AvgIpc) is 2.92. The number of methoxy groups -OCH3 is 2. The predicted octanol–water partition coefficient (Wildman–Crippen LogP) is 0.895. The second kappa shape index (κ2) is 7.93. The third-order valence-electron chi connectivity index (χ3n) is 3.34. The van der Waals surface area contributed by atoms with Crippen LogP contribution in [-0.4, -0.2) is 55.7 Å². The monoisotopic (exact) mass is 324 g/mol. The summed E-state index contributed by atoms with van der Waals surface area (Å²) in [5.74, 6) is 2.32. The third kappa shape index (κ3) is 4.30. The van der Waals surface area contributed by atoms with Crippen LogP contribution in [0.3, 0.4) is 0 Å². The summed E-state index contributed by atoms with van der Waals surface area (Å²) < 4.78 is 10.4. The van der Waals surface area contributed by atoms with Gasteiger partial charge in [0.25, 0.3) is 0 Å². The molecule has 0 aromatic heterocycles. The lowest BCUT2D eigenvalue weighted by Gasteiger charge is -2.14. The minimum absolute atomic E-state index is 0.0278. The lowest BCUT2D eigenvalue weighted by Crippen LogP contribution is -2.38. The molecule has 1 aromatic rings. The van der Waals surface area contributed by atoms with Crippen molar-refractivity contribution >= 4 is 23.6 Å². The molecule has 22 heavy (non-hydrogen) atoms. The Bertz CT molecular complexity index is 550. The highest BCUT2D eigenvalue weighted by atomic mass is 32.2.